The zero-order valence-electron chi connectivity index (χ0n) is 9.89. The van der Waals surface area contributed by atoms with Crippen LogP contribution in [0, 0.1) is 17.5 Å². The number of nitrogens with one attached hydrogen (secondary N) is 1. The molecule has 0 aliphatic heterocycles. The molecular formula is C12H12F3NO2. The molecule has 1 aromatic rings. The van der Waals surface area contributed by atoms with Crippen LogP contribution in [0.4, 0.5) is 18.9 Å². The molecule has 0 amide bonds. The van der Waals surface area contributed by atoms with Gasteiger partial charge in [0.05, 0.1) is 7.11 Å². The molecule has 0 atom stereocenters. The van der Waals surface area contributed by atoms with Crippen molar-refractivity contribution in [2.75, 3.05) is 19.0 Å². The maximum Gasteiger partial charge on any atom is 0.333 e. The smallest absolute Gasteiger partial charge is 0.333 e. The van der Waals surface area contributed by atoms with Crippen molar-refractivity contribution in [3.05, 3.63) is 41.2 Å². The summed E-state index contributed by atoms with van der Waals surface area (Å²) in [7, 11) is 1.25. The Kier molecular flexibility index (Phi) is 4.76. The van der Waals surface area contributed by atoms with Gasteiger partial charge in [-0.15, -0.1) is 0 Å². The van der Waals surface area contributed by atoms with E-state index in [4.69, 9.17) is 0 Å². The summed E-state index contributed by atoms with van der Waals surface area (Å²) in [5.41, 5.74) is 0.438. The van der Waals surface area contributed by atoms with Crippen LogP contribution in [0.2, 0.25) is 0 Å². The normalized spacial score (nSPS) is 11.3. The fourth-order valence-electron chi connectivity index (χ4n) is 1.22. The molecule has 0 bridgehead atoms. The molecule has 0 spiro atoms. The molecule has 98 valence electrons. The van der Waals surface area contributed by atoms with E-state index in [0.29, 0.717) is 5.57 Å². The molecule has 6 heteroatoms. The predicted octanol–water partition coefficient (Wildman–Crippen LogP) is 2.64. The number of hydrogen-bond acceptors (Lipinski definition) is 3. The molecule has 0 aliphatic carbocycles. The summed E-state index contributed by atoms with van der Waals surface area (Å²) < 4.78 is 42.9. The van der Waals surface area contributed by atoms with Crippen molar-refractivity contribution in [1.82, 2.24) is 0 Å². The van der Waals surface area contributed by atoms with Crippen molar-refractivity contribution >= 4 is 11.7 Å². The number of methoxy groups -OCH3 is 1. The van der Waals surface area contributed by atoms with Crippen LogP contribution in [0.1, 0.15) is 6.92 Å². The zero-order chi connectivity index (χ0) is 13.7. The Hall–Kier alpha value is -1.98. The quantitative estimate of drug-likeness (QED) is 0.513. The first-order valence-electron chi connectivity index (χ1n) is 5.09. The first-order valence-corrected chi connectivity index (χ1v) is 5.09. The highest BCUT2D eigenvalue weighted by molar-refractivity contribution is 5.87. The molecule has 0 radical (unpaired) electrons. The van der Waals surface area contributed by atoms with Crippen LogP contribution in [0.5, 0.6) is 0 Å². The number of halogens is 3. The van der Waals surface area contributed by atoms with E-state index in [0.717, 1.165) is 12.1 Å². The lowest BCUT2D eigenvalue weighted by Crippen LogP contribution is -2.06. The van der Waals surface area contributed by atoms with E-state index in [9.17, 15) is 18.0 Å². The van der Waals surface area contributed by atoms with Crippen LogP contribution in [0.25, 0.3) is 0 Å². The van der Waals surface area contributed by atoms with Gasteiger partial charge in [-0.05, 0) is 6.92 Å². The van der Waals surface area contributed by atoms with Gasteiger partial charge in [-0.25, -0.2) is 18.0 Å². The highest BCUT2D eigenvalue weighted by Crippen LogP contribution is 2.17. The van der Waals surface area contributed by atoms with Gasteiger partial charge in [0.15, 0.2) is 17.5 Å². The second-order valence-corrected chi connectivity index (χ2v) is 3.51. The highest BCUT2D eigenvalue weighted by Gasteiger charge is 2.10. The molecular weight excluding hydrogens is 247 g/mol. The third-order valence-corrected chi connectivity index (χ3v) is 2.21. The molecule has 0 unspecified atom stereocenters. The summed E-state index contributed by atoms with van der Waals surface area (Å²) in [5, 5.41) is 2.63. The SMILES string of the molecule is COC(=O)/C(C)=C/CNc1cc(F)c(F)c(F)c1. The Morgan fingerprint density at radius 1 is 1.33 bits per heavy atom. The summed E-state index contributed by atoms with van der Waals surface area (Å²) in [6.45, 7) is 1.70. The predicted molar refractivity (Wildman–Crippen MR) is 60.6 cm³/mol. The minimum Gasteiger partial charge on any atom is -0.466 e. The van der Waals surface area contributed by atoms with Crippen LogP contribution in [0.3, 0.4) is 0 Å². The molecule has 18 heavy (non-hydrogen) atoms. The van der Waals surface area contributed by atoms with Crippen molar-refractivity contribution < 1.29 is 22.7 Å². The minimum atomic E-state index is -1.51. The highest BCUT2D eigenvalue weighted by atomic mass is 19.2. The molecule has 0 heterocycles. The maximum absolute atomic E-state index is 12.9. The fourth-order valence-corrected chi connectivity index (χ4v) is 1.22. The molecule has 0 aliphatic rings. The number of rotatable bonds is 4. The summed E-state index contributed by atoms with van der Waals surface area (Å²) >= 11 is 0. The topological polar surface area (TPSA) is 38.3 Å². The van der Waals surface area contributed by atoms with Crippen molar-refractivity contribution in [3.63, 3.8) is 0 Å². The van der Waals surface area contributed by atoms with Crippen LogP contribution < -0.4 is 5.32 Å². The van der Waals surface area contributed by atoms with E-state index in [1.807, 2.05) is 0 Å². The van der Waals surface area contributed by atoms with E-state index in [1.165, 1.54) is 13.2 Å². The van der Waals surface area contributed by atoms with Crippen LogP contribution >= 0.6 is 0 Å². The van der Waals surface area contributed by atoms with Gasteiger partial charge >= 0.3 is 5.97 Å². The maximum atomic E-state index is 12.9. The van der Waals surface area contributed by atoms with E-state index in [1.54, 1.807) is 6.92 Å². The molecule has 0 saturated heterocycles. The van der Waals surface area contributed by atoms with E-state index < -0.39 is 23.4 Å². The van der Waals surface area contributed by atoms with Crippen molar-refractivity contribution in [2.45, 2.75) is 6.92 Å². The Labute approximate surface area is 102 Å². The standard InChI is InChI=1S/C12H12F3NO2/c1-7(12(17)18-2)3-4-16-8-5-9(13)11(15)10(14)6-8/h3,5-6,16H,4H2,1-2H3/b7-3+. The monoisotopic (exact) mass is 259 g/mol. The van der Waals surface area contributed by atoms with E-state index in [2.05, 4.69) is 10.1 Å². The Bertz CT molecular complexity index is 463. The van der Waals surface area contributed by atoms with Gasteiger partial charge < -0.3 is 10.1 Å². The third-order valence-electron chi connectivity index (χ3n) is 2.21. The number of carbonyl (C=O) groups excluding carboxylic acids is 1. The van der Waals surface area contributed by atoms with Crippen molar-refractivity contribution in [2.24, 2.45) is 0 Å². The summed E-state index contributed by atoms with van der Waals surface area (Å²) in [6.07, 6.45) is 1.49. The Balaban J connectivity index is 2.68. The molecule has 0 aromatic heterocycles. The van der Waals surface area contributed by atoms with Crippen molar-refractivity contribution in [3.8, 4) is 0 Å². The first-order chi connectivity index (χ1) is 8.45. The van der Waals surface area contributed by atoms with Gasteiger partial charge in [0.1, 0.15) is 0 Å². The Morgan fingerprint density at radius 3 is 2.39 bits per heavy atom. The van der Waals surface area contributed by atoms with Gasteiger partial charge in [0.25, 0.3) is 0 Å². The Morgan fingerprint density at radius 2 is 1.89 bits per heavy atom. The fraction of sp³-hybridized carbons (Fsp3) is 0.250. The number of anilines is 1. The number of ether oxygens (including phenoxy) is 1. The van der Waals surface area contributed by atoms with E-state index >= 15 is 0 Å². The number of carbonyl (C=O) groups is 1. The van der Waals surface area contributed by atoms with E-state index in [-0.39, 0.29) is 12.2 Å². The van der Waals surface area contributed by atoms with Crippen molar-refractivity contribution in [1.29, 1.82) is 0 Å². The summed E-state index contributed by atoms with van der Waals surface area (Å²) in [5.74, 6) is -4.55. The lowest BCUT2D eigenvalue weighted by Gasteiger charge is -2.05. The summed E-state index contributed by atoms with van der Waals surface area (Å²) in [4.78, 5) is 11.0. The van der Waals surface area contributed by atoms with Crippen LogP contribution in [-0.4, -0.2) is 19.6 Å². The van der Waals surface area contributed by atoms with Crippen LogP contribution in [-0.2, 0) is 9.53 Å². The molecule has 3 nitrogen and oxygen atoms in total. The van der Waals surface area contributed by atoms with Crippen LogP contribution in [0.15, 0.2) is 23.8 Å². The summed E-state index contributed by atoms with van der Waals surface area (Å²) in [6, 6.07) is 1.67. The van der Waals surface area contributed by atoms with Gasteiger partial charge in [-0.2, -0.15) is 0 Å². The number of hydrogen-bond donors (Lipinski definition) is 1. The number of esters is 1. The average Bonchev–Trinajstić information content (AvgIpc) is 2.34. The lowest BCUT2D eigenvalue weighted by molar-refractivity contribution is -0.136. The molecule has 1 N–H and O–H groups in total. The van der Waals surface area contributed by atoms with Gasteiger partial charge in [0.2, 0.25) is 0 Å². The minimum absolute atomic E-state index is 0.0836. The van der Waals surface area contributed by atoms with Gasteiger partial charge in [-0.1, -0.05) is 6.08 Å². The lowest BCUT2D eigenvalue weighted by atomic mass is 10.2. The molecule has 0 fully saturated rings. The molecule has 1 aromatic carbocycles. The molecule has 0 saturated carbocycles. The largest absolute Gasteiger partial charge is 0.466 e. The third kappa shape index (κ3) is 3.51. The first kappa shape index (κ1) is 14.1. The number of benzene rings is 1. The zero-order valence-corrected chi connectivity index (χ0v) is 9.89. The second kappa shape index (κ2) is 6.09. The van der Waals surface area contributed by atoms with Gasteiger partial charge in [-0.3, -0.25) is 0 Å². The molecule has 1 rings (SSSR count). The average molecular weight is 259 g/mol. The second-order valence-electron chi connectivity index (χ2n) is 3.51. The van der Waals surface area contributed by atoms with Gasteiger partial charge in [0, 0.05) is 29.9 Å².